The fraction of sp³-hybridized carbons (Fsp3) is 0.750. The van der Waals surface area contributed by atoms with Crippen LogP contribution in [0.15, 0.2) is 0 Å². The number of carbonyl (C=O) groups excluding carboxylic acids is 1. The molecular formula is C12H20N2O2. The second-order valence-electron chi connectivity index (χ2n) is 4.21. The van der Waals surface area contributed by atoms with E-state index in [0.717, 1.165) is 25.7 Å². The van der Waals surface area contributed by atoms with Gasteiger partial charge in [-0.15, -0.1) is 6.42 Å². The Balaban J connectivity index is 2.28. The predicted molar refractivity (Wildman–Crippen MR) is 62.7 cm³/mol. The van der Waals surface area contributed by atoms with Crippen LogP contribution < -0.4 is 10.6 Å². The van der Waals surface area contributed by atoms with Crippen molar-refractivity contribution < 1.29 is 9.90 Å². The van der Waals surface area contributed by atoms with E-state index in [1.165, 1.54) is 0 Å². The van der Waals surface area contributed by atoms with Crippen molar-refractivity contribution in [2.45, 2.75) is 31.7 Å². The lowest BCUT2D eigenvalue weighted by Crippen LogP contribution is -2.46. The predicted octanol–water partition coefficient (Wildman–Crippen LogP) is -0.123. The smallest absolute Gasteiger partial charge is 0.234 e. The maximum atomic E-state index is 11.5. The summed E-state index contributed by atoms with van der Waals surface area (Å²) in [5.41, 5.74) is 0. The molecule has 0 saturated heterocycles. The lowest BCUT2D eigenvalue weighted by molar-refractivity contribution is -0.121. The second-order valence-corrected chi connectivity index (χ2v) is 4.21. The molecule has 0 aromatic rings. The minimum atomic E-state index is -0.0411. The first-order chi connectivity index (χ1) is 7.77. The highest BCUT2D eigenvalue weighted by atomic mass is 16.3. The summed E-state index contributed by atoms with van der Waals surface area (Å²) in [6.45, 7) is 0.809. The van der Waals surface area contributed by atoms with Crippen molar-refractivity contribution in [3.63, 3.8) is 0 Å². The number of nitrogens with one attached hydrogen (secondary N) is 2. The minimum absolute atomic E-state index is 0.0411. The molecule has 0 heterocycles. The van der Waals surface area contributed by atoms with Crippen molar-refractivity contribution in [1.82, 2.24) is 10.6 Å². The maximum Gasteiger partial charge on any atom is 0.234 e. The second kappa shape index (κ2) is 7.26. The number of hydrogen-bond donors (Lipinski definition) is 3. The largest absolute Gasteiger partial charge is 0.396 e. The molecule has 2 atom stereocenters. The Labute approximate surface area is 96.8 Å². The minimum Gasteiger partial charge on any atom is -0.396 e. The van der Waals surface area contributed by atoms with Gasteiger partial charge in [0.05, 0.1) is 13.1 Å². The molecule has 1 aliphatic carbocycles. The first kappa shape index (κ1) is 13.0. The number of amides is 1. The van der Waals surface area contributed by atoms with E-state index in [-0.39, 0.29) is 31.0 Å². The van der Waals surface area contributed by atoms with Gasteiger partial charge in [-0.2, -0.15) is 0 Å². The fourth-order valence-corrected chi connectivity index (χ4v) is 2.12. The maximum absolute atomic E-state index is 11.5. The fourth-order valence-electron chi connectivity index (χ4n) is 2.12. The number of carbonyl (C=O) groups is 1. The first-order valence-corrected chi connectivity index (χ1v) is 5.82. The Morgan fingerprint density at radius 2 is 2.19 bits per heavy atom. The number of terminal acetylenes is 1. The summed E-state index contributed by atoms with van der Waals surface area (Å²) < 4.78 is 0. The topological polar surface area (TPSA) is 61.4 Å². The summed E-state index contributed by atoms with van der Waals surface area (Å²) in [6, 6.07) is 0.124. The average Bonchev–Trinajstić information content (AvgIpc) is 2.30. The molecule has 0 aromatic heterocycles. The van der Waals surface area contributed by atoms with E-state index in [1.807, 2.05) is 0 Å². The van der Waals surface area contributed by atoms with Crippen LogP contribution in [0.1, 0.15) is 25.7 Å². The lowest BCUT2D eigenvalue weighted by atomic mass is 9.85. The lowest BCUT2D eigenvalue weighted by Gasteiger charge is -2.30. The molecule has 0 aliphatic heterocycles. The van der Waals surface area contributed by atoms with Gasteiger partial charge in [-0.25, -0.2) is 0 Å². The van der Waals surface area contributed by atoms with Gasteiger partial charge in [0.1, 0.15) is 0 Å². The van der Waals surface area contributed by atoms with Crippen LogP contribution in [0.3, 0.4) is 0 Å². The molecule has 1 amide bonds. The highest BCUT2D eigenvalue weighted by molar-refractivity contribution is 5.78. The van der Waals surface area contributed by atoms with Gasteiger partial charge < -0.3 is 10.4 Å². The Morgan fingerprint density at radius 3 is 2.88 bits per heavy atom. The van der Waals surface area contributed by atoms with Gasteiger partial charge in [-0.1, -0.05) is 18.8 Å². The van der Waals surface area contributed by atoms with Crippen LogP contribution in [-0.2, 0) is 4.79 Å². The van der Waals surface area contributed by atoms with Crippen molar-refractivity contribution >= 4 is 5.91 Å². The summed E-state index contributed by atoms with van der Waals surface area (Å²) >= 11 is 0. The number of rotatable bonds is 5. The van der Waals surface area contributed by atoms with Crippen LogP contribution in [0.4, 0.5) is 0 Å². The summed E-state index contributed by atoms with van der Waals surface area (Å²) in [4.78, 5) is 11.5. The van der Waals surface area contributed by atoms with Crippen molar-refractivity contribution in [2.75, 3.05) is 19.7 Å². The first-order valence-electron chi connectivity index (χ1n) is 5.82. The number of aliphatic hydroxyl groups excluding tert-OH is 1. The SMILES string of the molecule is C#CCNCC(=O)NC1CCCCC1CO. The third-order valence-electron chi connectivity index (χ3n) is 3.00. The average molecular weight is 224 g/mol. The van der Waals surface area contributed by atoms with E-state index in [0.29, 0.717) is 6.54 Å². The van der Waals surface area contributed by atoms with Gasteiger partial charge in [0, 0.05) is 18.6 Å². The van der Waals surface area contributed by atoms with Crippen LogP contribution in [0, 0.1) is 18.3 Å². The zero-order chi connectivity index (χ0) is 11.8. The van der Waals surface area contributed by atoms with E-state index in [4.69, 9.17) is 6.42 Å². The molecule has 0 aromatic carbocycles. The van der Waals surface area contributed by atoms with Gasteiger partial charge >= 0.3 is 0 Å². The van der Waals surface area contributed by atoms with Gasteiger partial charge in [0.2, 0.25) is 5.91 Å². The summed E-state index contributed by atoms with van der Waals surface area (Å²) in [5, 5.41) is 15.0. The normalized spacial score (nSPS) is 24.8. The highest BCUT2D eigenvalue weighted by Crippen LogP contribution is 2.23. The molecule has 2 unspecified atom stereocenters. The van der Waals surface area contributed by atoms with Crippen LogP contribution >= 0.6 is 0 Å². The summed E-state index contributed by atoms with van der Waals surface area (Å²) in [7, 11) is 0. The van der Waals surface area contributed by atoms with Crippen molar-refractivity contribution in [3.8, 4) is 12.3 Å². The van der Waals surface area contributed by atoms with Crippen molar-refractivity contribution in [3.05, 3.63) is 0 Å². The Morgan fingerprint density at radius 1 is 1.44 bits per heavy atom. The van der Waals surface area contributed by atoms with Crippen LogP contribution in [0.2, 0.25) is 0 Å². The third kappa shape index (κ3) is 4.21. The Hall–Kier alpha value is -1.05. The molecule has 3 N–H and O–H groups in total. The molecule has 0 radical (unpaired) electrons. The molecule has 0 bridgehead atoms. The third-order valence-corrected chi connectivity index (χ3v) is 3.00. The molecule has 16 heavy (non-hydrogen) atoms. The Bertz CT molecular complexity index is 260. The summed E-state index contributed by atoms with van der Waals surface area (Å²) in [6.07, 6.45) is 9.30. The number of hydrogen-bond acceptors (Lipinski definition) is 3. The molecule has 0 spiro atoms. The van der Waals surface area contributed by atoms with Gasteiger partial charge in [-0.3, -0.25) is 10.1 Å². The molecular weight excluding hydrogens is 204 g/mol. The standard InChI is InChI=1S/C12H20N2O2/c1-2-7-13-8-12(16)14-11-6-4-3-5-10(11)9-15/h1,10-11,13,15H,3-9H2,(H,14,16). The molecule has 4 heteroatoms. The van der Waals surface area contributed by atoms with Crippen LogP contribution in [0.25, 0.3) is 0 Å². The molecule has 1 rings (SSSR count). The molecule has 1 fully saturated rings. The van der Waals surface area contributed by atoms with E-state index >= 15 is 0 Å². The quantitative estimate of drug-likeness (QED) is 0.450. The van der Waals surface area contributed by atoms with Crippen molar-refractivity contribution in [1.29, 1.82) is 0 Å². The van der Waals surface area contributed by atoms with E-state index in [2.05, 4.69) is 16.6 Å². The molecule has 1 aliphatic rings. The van der Waals surface area contributed by atoms with Gasteiger partial charge in [-0.05, 0) is 12.8 Å². The van der Waals surface area contributed by atoms with E-state index < -0.39 is 0 Å². The van der Waals surface area contributed by atoms with Gasteiger partial charge in [0.15, 0.2) is 0 Å². The number of aliphatic hydroxyl groups is 1. The van der Waals surface area contributed by atoms with Crippen LogP contribution in [-0.4, -0.2) is 36.8 Å². The zero-order valence-electron chi connectivity index (χ0n) is 9.54. The summed E-state index contributed by atoms with van der Waals surface area (Å²) in [5.74, 6) is 2.59. The molecule has 90 valence electrons. The van der Waals surface area contributed by atoms with Crippen molar-refractivity contribution in [2.24, 2.45) is 5.92 Å². The van der Waals surface area contributed by atoms with E-state index in [9.17, 15) is 9.90 Å². The highest BCUT2D eigenvalue weighted by Gasteiger charge is 2.25. The van der Waals surface area contributed by atoms with E-state index in [1.54, 1.807) is 0 Å². The monoisotopic (exact) mass is 224 g/mol. The van der Waals surface area contributed by atoms with Gasteiger partial charge in [0.25, 0.3) is 0 Å². The molecule has 1 saturated carbocycles. The molecule has 4 nitrogen and oxygen atoms in total. The van der Waals surface area contributed by atoms with Crippen LogP contribution in [0.5, 0.6) is 0 Å². The Kier molecular flexibility index (Phi) is 5.91. The zero-order valence-corrected chi connectivity index (χ0v) is 9.54.